The van der Waals surface area contributed by atoms with Crippen LogP contribution in [0.3, 0.4) is 0 Å². The van der Waals surface area contributed by atoms with Crippen molar-refractivity contribution in [1.29, 1.82) is 0 Å². The Hall–Kier alpha value is -1.38. The molecule has 0 saturated heterocycles. The fraction of sp³-hybridized carbons (Fsp3) is 0.250. The molecule has 0 spiro atoms. The smallest absolute Gasteiger partial charge is 0.0854 e. The number of nitrogens with two attached hydrogens (primary N) is 1. The van der Waals surface area contributed by atoms with Gasteiger partial charge in [-0.3, -0.25) is 0 Å². The topological polar surface area (TPSA) is 50.7 Å². The number of rotatable bonds is 2. The fourth-order valence-electron chi connectivity index (χ4n) is 0.693. The molecule has 0 bridgehead atoms. The van der Waals surface area contributed by atoms with E-state index in [1.54, 1.807) is 0 Å². The second kappa shape index (κ2) is 3.71. The summed E-state index contributed by atoms with van der Waals surface area (Å²) in [4.78, 5) is 0. The minimum Gasteiger partial charge on any atom is -0.399 e. The van der Waals surface area contributed by atoms with Crippen molar-refractivity contribution in [3.63, 3.8) is 0 Å². The van der Waals surface area contributed by atoms with Crippen LogP contribution in [-0.2, 0) is 0 Å². The van der Waals surface area contributed by atoms with Gasteiger partial charge >= 0.3 is 0 Å². The van der Waals surface area contributed by atoms with Gasteiger partial charge in [0.25, 0.3) is 0 Å². The Kier molecular flexibility index (Phi) is 2.60. The molecule has 0 aromatic heterocycles. The highest BCUT2D eigenvalue weighted by Gasteiger charge is 1.86. The number of anilines is 1. The molecule has 1 rings (SSSR count). The van der Waals surface area contributed by atoms with Crippen molar-refractivity contribution in [3.05, 3.63) is 24.3 Å². The molecule has 0 fully saturated rings. The molecule has 3 nitrogen and oxygen atoms in total. The summed E-state index contributed by atoms with van der Waals surface area (Å²) in [7, 11) is 0. The van der Waals surface area contributed by atoms with Gasteiger partial charge in [0.05, 0.1) is 12.2 Å². The maximum Gasteiger partial charge on any atom is 0.0854 e. The average Bonchev–Trinajstić information content (AvgIpc) is 2.04. The van der Waals surface area contributed by atoms with Gasteiger partial charge in [0.15, 0.2) is 0 Å². The van der Waals surface area contributed by atoms with Gasteiger partial charge in [-0.2, -0.15) is 10.2 Å². The SMILES string of the molecule is CCN=Nc1ccc(N)cc1. The van der Waals surface area contributed by atoms with Crippen molar-refractivity contribution in [2.24, 2.45) is 10.2 Å². The lowest BCUT2D eigenvalue weighted by molar-refractivity contribution is 1.01. The average molecular weight is 149 g/mol. The van der Waals surface area contributed by atoms with E-state index in [1.807, 2.05) is 31.2 Å². The van der Waals surface area contributed by atoms with Crippen LogP contribution in [0.4, 0.5) is 11.4 Å². The molecule has 2 N–H and O–H groups in total. The molecular formula is C8H11N3. The number of nitrogens with zero attached hydrogens (tertiary/aromatic N) is 2. The molecule has 0 aliphatic carbocycles. The van der Waals surface area contributed by atoms with Gasteiger partial charge < -0.3 is 5.73 Å². The normalized spacial score (nSPS) is 10.6. The molecule has 0 atom stereocenters. The Morgan fingerprint density at radius 2 is 1.91 bits per heavy atom. The first-order valence-electron chi connectivity index (χ1n) is 3.56. The van der Waals surface area contributed by atoms with Gasteiger partial charge in [-0.15, -0.1) is 0 Å². The summed E-state index contributed by atoms with van der Waals surface area (Å²) in [6, 6.07) is 7.30. The Morgan fingerprint density at radius 1 is 1.27 bits per heavy atom. The Balaban J connectivity index is 2.73. The van der Waals surface area contributed by atoms with Crippen LogP contribution in [0.5, 0.6) is 0 Å². The molecule has 0 unspecified atom stereocenters. The molecule has 1 aromatic rings. The maximum absolute atomic E-state index is 5.48. The minimum atomic E-state index is 0.713. The Labute approximate surface area is 65.9 Å². The molecule has 0 radical (unpaired) electrons. The lowest BCUT2D eigenvalue weighted by atomic mass is 10.3. The lowest BCUT2D eigenvalue weighted by Gasteiger charge is -1.92. The van der Waals surface area contributed by atoms with Gasteiger partial charge in [0, 0.05) is 5.69 Å². The minimum absolute atomic E-state index is 0.713. The van der Waals surface area contributed by atoms with E-state index in [-0.39, 0.29) is 0 Å². The predicted octanol–water partition coefficient (Wildman–Crippen LogP) is 2.37. The zero-order chi connectivity index (χ0) is 8.10. The summed E-state index contributed by atoms with van der Waals surface area (Å²) < 4.78 is 0. The summed E-state index contributed by atoms with van der Waals surface area (Å²) in [6.07, 6.45) is 0. The van der Waals surface area contributed by atoms with Crippen molar-refractivity contribution in [1.82, 2.24) is 0 Å². The van der Waals surface area contributed by atoms with Gasteiger partial charge in [0.1, 0.15) is 0 Å². The standard InChI is InChI=1S/C8H11N3/c1-2-10-11-8-5-3-7(9)4-6-8/h3-6H,2,9H2,1H3. The summed E-state index contributed by atoms with van der Waals surface area (Å²) in [5.74, 6) is 0. The van der Waals surface area contributed by atoms with Crippen molar-refractivity contribution in [2.45, 2.75) is 6.92 Å². The summed E-state index contributed by atoms with van der Waals surface area (Å²) in [5.41, 5.74) is 7.08. The van der Waals surface area contributed by atoms with Gasteiger partial charge in [-0.1, -0.05) is 0 Å². The van der Waals surface area contributed by atoms with E-state index in [9.17, 15) is 0 Å². The van der Waals surface area contributed by atoms with E-state index in [2.05, 4.69) is 10.2 Å². The van der Waals surface area contributed by atoms with Crippen molar-refractivity contribution >= 4 is 11.4 Å². The van der Waals surface area contributed by atoms with Crippen molar-refractivity contribution < 1.29 is 0 Å². The molecule has 0 saturated carbocycles. The third-order valence-corrected chi connectivity index (χ3v) is 1.22. The quantitative estimate of drug-likeness (QED) is 0.509. The monoisotopic (exact) mass is 149 g/mol. The second-order valence-electron chi connectivity index (χ2n) is 2.15. The predicted molar refractivity (Wildman–Crippen MR) is 45.9 cm³/mol. The van der Waals surface area contributed by atoms with E-state index in [0.29, 0.717) is 6.54 Å². The first-order valence-corrected chi connectivity index (χ1v) is 3.56. The molecule has 11 heavy (non-hydrogen) atoms. The summed E-state index contributed by atoms with van der Waals surface area (Å²) in [5, 5.41) is 7.79. The summed E-state index contributed by atoms with van der Waals surface area (Å²) in [6.45, 7) is 2.66. The number of azo groups is 1. The van der Waals surface area contributed by atoms with E-state index in [4.69, 9.17) is 5.73 Å². The van der Waals surface area contributed by atoms with E-state index < -0.39 is 0 Å². The number of nitrogen functional groups attached to an aromatic ring is 1. The molecular weight excluding hydrogens is 138 g/mol. The highest BCUT2D eigenvalue weighted by atomic mass is 15.1. The largest absolute Gasteiger partial charge is 0.399 e. The van der Waals surface area contributed by atoms with Gasteiger partial charge in [-0.25, -0.2) is 0 Å². The number of hydrogen-bond donors (Lipinski definition) is 1. The highest BCUT2D eigenvalue weighted by molar-refractivity contribution is 5.47. The summed E-state index contributed by atoms with van der Waals surface area (Å²) >= 11 is 0. The lowest BCUT2D eigenvalue weighted by Crippen LogP contribution is -1.80. The van der Waals surface area contributed by atoms with Crippen LogP contribution in [0.25, 0.3) is 0 Å². The van der Waals surface area contributed by atoms with Crippen molar-refractivity contribution in [3.8, 4) is 0 Å². The van der Waals surface area contributed by atoms with Crippen LogP contribution in [0.2, 0.25) is 0 Å². The third-order valence-electron chi connectivity index (χ3n) is 1.22. The van der Waals surface area contributed by atoms with E-state index in [1.165, 1.54) is 0 Å². The first kappa shape index (κ1) is 7.72. The van der Waals surface area contributed by atoms with Crippen LogP contribution in [0.15, 0.2) is 34.5 Å². The van der Waals surface area contributed by atoms with E-state index >= 15 is 0 Å². The van der Waals surface area contributed by atoms with Crippen LogP contribution in [0, 0.1) is 0 Å². The number of benzene rings is 1. The Morgan fingerprint density at radius 3 is 2.45 bits per heavy atom. The zero-order valence-electron chi connectivity index (χ0n) is 6.49. The second-order valence-corrected chi connectivity index (χ2v) is 2.15. The Bertz CT molecular complexity index is 238. The molecule has 58 valence electrons. The van der Waals surface area contributed by atoms with Crippen LogP contribution in [-0.4, -0.2) is 6.54 Å². The molecule has 0 amide bonds. The molecule has 0 aliphatic heterocycles. The number of hydrogen-bond acceptors (Lipinski definition) is 3. The highest BCUT2D eigenvalue weighted by Crippen LogP contribution is 2.13. The molecule has 0 heterocycles. The van der Waals surface area contributed by atoms with Gasteiger partial charge in [0.2, 0.25) is 0 Å². The fourth-order valence-corrected chi connectivity index (χ4v) is 0.693. The third kappa shape index (κ3) is 2.37. The van der Waals surface area contributed by atoms with Crippen LogP contribution in [0.1, 0.15) is 6.92 Å². The molecule has 3 heteroatoms. The van der Waals surface area contributed by atoms with Gasteiger partial charge in [-0.05, 0) is 31.2 Å². The van der Waals surface area contributed by atoms with Crippen LogP contribution < -0.4 is 5.73 Å². The maximum atomic E-state index is 5.48. The molecule has 1 aromatic carbocycles. The zero-order valence-corrected chi connectivity index (χ0v) is 6.49. The van der Waals surface area contributed by atoms with E-state index in [0.717, 1.165) is 11.4 Å². The van der Waals surface area contributed by atoms with Crippen molar-refractivity contribution in [2.75, 3.05) is 12.3 Å². The molecule has 0 aliphatic rings. The van der Waals surface area contributed by atoms with Crippen LogP contribution >= 0.6 is 0 Å². The first-order chi connectivity index (χ1) is 5.33.